The molecule has 3 rings (SSSR count). The number of thiophene rings is 1. The topological polar surface area (TPSA) is 3.24 Å². The number of fused-ring (bicyclic) bond motifs is 1. The number of hydrogen-bond acceptors (Lipinski definition) is 2. The normalized spacial score (nSPS) is 16.3. The van der Waals surface area contributed by atoms with Gasteiger partial charge >= 0.3 is 0 Å². The van der Waals surface area contributed by atoms with E-state index in [2.05, 4.69) is 57.2 Å². The molecule has 0 N–H and O–H groups in total. The van der Waals surface area contributed by atoms with E-state index < -0.39 is 0 Å². The molecule has 0 aliphatic carbocycles. The molecule has 0 radical (unpaired) electrons. The van der Waals surface area contributed by atoms with Gasteiger partial charge in [0, 0.05) is 24.5 Å². The molecule has 2 heterocycles. The first-order valence-electron chi connectivity index (χ1n) is 6.34. The highest BCUT2D eigenvalue weighted by atomic mass is 79.9. The summed E-state index contributed by atoms with van der Waals surface area (Å²) < 4.78 is 1.23. The van der Waals surface area contributed by atoms with Crippen LogP contribution in [-0.2, 0) is 19.4 Å². The second kappa shape index (κ2) is 5.55. The molecule has 94 valence electrons. The molecule has 1 aliphatic rings. The molecule has 1 nitrogen and oxygen atoms in total. The average molecular weight is 322 g/mol. The Hall–Kier alpha value is -0.640. The number of nitrogens with zero attached hydrogens (tertiary/aromatic N) is 1. The van der Waals surface area contributed by atoms with Crippen LogP contribution < -0.4 is 0 Å². The molecule has 0 spiro atoms. The van der Waals surface area contributed by atoms with Crippen molar-refractivity contribution in [1.29, 1.82) is 0 Å². The first kappa shape index (κ1) is 12.4. The lowest BCUT2D eigenvalue weighted by molar-refractivity contribution is 0.282. The van der Waals surface area contributed by atoms with Crippen molar-refractivity contribution in [1.82, 2.24) is 4.90 Å². The summed E-state index contributed by atoms with van der Waals surface area (Å²) >= 11 is 5.38. The maximum atomic E-state index is 3.54. The Morgan fingerprint density at radius 1 is 1.00 bits per heavy atom. The third-order valence-corrected chi connectivity index (χ3v) is 5.13. The van der Waals surface area contributed by atoms with Gasteiger partial charge in [0.1, 0.15) is 0 Å². The SMILES string of the molecule is Brc1ccc(CN2CCc3ccccc3CC2)s1. The zero-order valence-electron chi connectivity index (χ0n) is 10.2. The molecule has 0 saturated heterocycles. The van der Waals surface area contributed by atoms with E-state index in [1.165, 1.54) is 45.7 Å². The first-order valence-corrected chi connectivity index (χ1v) is 7.95. The van der Waals surface area contributed by atoms with Gasteiger partial charge in [-0.15, -0.1) is 11.3 Å². The van der Waals surface area contributed by atoms with Crippen LogP contribution >= 0.6 is 27.3 Å². The van der Waals surface area contributed by atoms with Gasteiger partial charge in [0.15, 0.2) is 0 Å². The molecule has 0 amide bonds. The van der Waals surface area contributed by atoms with Crippen molar-refractivity contribution in [2.45, 2.75) is 19.4 Å². The Bertz CT molecular complexity index is 508. The van der Waals surface area contributed by atoms with Gasteiger partial charge in [0.25, 0.3) is 0 Å². The van der Waals surface area contributed by atoms with Crippen molar-refractivity contribution in [3.8, 4) is 0 Å². The van der Waals surface area contributed by atoms with Gasteiger partial charge < -0.3 is 0 Å². The van der Waals surface area contributed by atoms with Gasteiger partial charge in [0.05, 0.1) is 3.79 Å². The lowest BCUT2D eigenvalue weighted by atomic mass is 10.0. The smallest absolute Gasteiger partial charge is 0.0701 e. The summed E-state index contributed by atoms with van der Waals surface area (Å²) in [5, 5.41) is 0. The second-order valence-corrected chi connectivity index (χ2v) is 7.30. The average Bonchev–Trinajstić information content (AvgIpc) is 2.68. The fraction of sp³-hybridized carbons (Fsp3) is 0.333. The van der Waals surface area contributed by atoms with Crippen molar-refractivity contribution in [2.24, 2.45) is 0 Å². The van der Waals surface area contributed by atoms with Crippen LogP contribution in [0.4, 0.5) is 0 Å². The van der Waals surface area contributed by atoms with E-state index in [-0.39, 0.29) is 0 Å². The van der Waals surface area contributed by atoms with Gasteiger partial charge in [-0.2, -0.15) is 0 Å². The van der Waals surface area contributed by atoms with Crippen LogP contribution in [-0.4, -0.2) is 18.0 Å². The van der Waals surface area contributed by atoms with Crippen LogP contribution in [0.2, 0.25) is 0 Å². The van der Waals surface area contributed by atoms with E-state index in [1.807, 2.05) is 11.3 Å². The fourth-order valence-electron chi connectivity index (χ4n) is 2.53. The maximum Gasteiger partial charge on any atom is 0.0701 e. The van der Waals surface area contributed by atoms with E-state index in [0.717, 1.165) is 6.54 Å². The summed E-state index contributed by atoms with van der Waals surface area (Å²) in [5.74, 6) is 0. The van der Waals surface area contributed by atoms with Crippen LogP contribution in [0.3, 0.4) is 0 Å². The van der Waals surface area contributed by atoms with Crippen molar-refractivity contribution >= 4 is 27.3 Å². The molecule has 1 aliphatic heterocycles. The predicted molar refractivity (Wildman–Crippen MR) is 81.1 cm³/mol. The number of rotatable bonds is 2. The highest BCUT2D eigenvalue weighted by Gasteiger charge is 2.14. The van der Waals surface area contributed by atoms with Crippen LogP contribution in [0.25, 0.3) is 0 Å². The van der Waals surface area contributed by atoms with Crippen LogP contribution in [0, 0.1) is 0 Å². The molecule has 0 atom stereocenters. The van der Waals surface area contributed by atoms with E-state index in [4.69, 9.17) is 0 Å². The molecule has 0 bridgehead atoms. The van der Waals surface area contributed by atoms with Crippen molar-refractivity contribution < 1.29 is 0 Å². The van der Waals surface area contributed by atoms with E-state index >= 15 is 0 Å². The molecule has 0 saturated carbocycles. The lowest BCUT2D eigenvalue weighted by Gasteiger charge is -2.18. The van der Waals surface area contributed by atoms with E-state index in [1.54, 1.807) is 0 Å². The second-order valence-electron chi connectivity index (χ2n) is 4.75. The molecule has 2 aromatic rings. The molecule has 1 aromatic carbocycles. The zero-order valence-corrected chi connectivity index (χ0v) is 12.6. The van der Waals surface area contributed by atoms with Gasteiger partial charge in [0.2, 0.25) is 0 Å². The minimum Gasteiger partial charge on any atom is -0.298 e. The summed E-state index contributed by atoms with van der Waals surface area (Å²) in [6.07, 6.45) is 2.37. The largest absolute Gasteiger partial charge is 0.298 e. The molecule has 0 unspecified atom stereocenters. The fourth-order valence-corrected chi connectivity index (χ4v) is 4.06. The van der Waals surface area contributed by atoms with E-state index in [0.29, 0.717) is 0 Å². The Balaban J connectivity index is 1.68. The predicted octanol–water partition coefficient (Wildman–Crippen LogP) is 4.11. The monoisotopic (exact) mass is 321 g/mol. The Labute approximate surface area is 121 Å². The van der Waals surface area contributed by atoms with Crippen LogP contribution in [0.1, 0.15) is 16.0 Å². The maximum absolute atomic E-state index is 3.54. The van der Waals surface area contributed by atoms with Crippen molar-refractivity contribution in [2.75, 3.05) is 13.1 Å². The van der Waals surface area contributed by atoms with Crippen LogP contribution in [0.15, 0.2) is 40.2 Å². The molecule has 0 fully saturated rings. The van der Waals surface area contributed by atoms with Crippen LogP contribution in [0.5, 0.6) is 0 Å². The molecular weight excluding hydrogens is 306 g/mol. The molecule has 3 heteroatoms. The third kappa shape index (κ3) is 2.85. The Morgan fingerprint density at radius 3 is 2.22 bits per heavy atom. The highest BCUT2D eigenvalue weighted by molar-refractivity contribution is 9.11. The zero-order chi connectivity index (χ0) is 12.4. The van der Waals surface area contributed by atoms with Gasteiger partial charge in [-0.1, -0.05) is 24.3 Å². The minimum absolute atomic E-state index is 1.09. The van der Waals surface area contributed by atoms with Gasteiger partial charge in [-0.25, -0.2) is 0 Å². The molecular formula is C15H16BrNS. The summed E-state index contributed by atoms with van der Waals surface area (Å²) in [5.41, 5.74) is 3.07. The molecule has 18 heavy (non-hydrogen) atoms. The summed E-state index contributed by atoms with van der Waals surface area (Å²) in [6, 6.07) is 13.2. The van der Waals surface area contributed by atoms with Gasteiger partial charge in [-0.3, -0.25) is 4.90 Å². The van der Waals surface area contributed by atoms with E-state index in [9.17, 15) is 0 Å². The third-order valence-electron chi connectivity index (χ3n) is 3.52. The lowest BCUT2D eigenvalue weighted by Crippen LogP contribution is -2.25. The molecule has 1 aromatic heterocycles. The minimum atomic E-state index is 1.09. The standard InChI is InChI=1S/C15H16BrNS/c16-15-6-5-14(18-15)11-17-9-7-12-3-1-2-4-13(12)8-10-17/h1-6H,7-11H2. The summed E-state index contributed by atoms with van der Waals surface area (Å²) in [4.78, 5) is 4.02. The number of hydrogen-bond donors (Lipinski definition) is 0. The van der Waals surface area contributed by atoms with Gasteiger partial charge in [-0.05, 0) is 52.0 Å². The number of halogens is 1. The van der Waals surface area contributed by atoms with Crippen molar-refractivity contribution in [3.05, 3.63) is 56.2 Å². The first-order chi connectivity index (χ1) is 8.81. The van der Waals surface area contributed by atoms with Crippen molar-refractivity contribution in [3.63, 3.8) is 0 Å². The highest BCUT2D eigenvalue weighted by Crippen LogP contribution is 2.24. The Kier molecular flexibility index (Phi) is 3.83. The quantitative estimate of drug-likeness (QED) is 0.804. The summed E-state index contributed by atoms with van der Waals surface area (Å²) in [7, 11) is 0. The number of benzene rings is 1. The Morgan fingerprint density at radius 2 is 1.67 bits per heavy atom. The summed E-state index contributed by atoms with van der Waals surface area (Å²) in [6.45, 7) is 3.43.